The monoisotopic (exact) mass is 574 g/mol. The summed E-state index contributed by atoms with van der Waals surface area (Å²) in [6.07, 6.45) is 0.686. The Balaban J connectivity index is 1.71. The van der Waals surface area contributed by atoms with Crippen LogP contribution in [-0.4, -0.2) is 54.2 Å². The first-order valence-electron chi connectivity index (χ1n) is 13.2. The molecule has 1 aliphatic heterocycles. The van der Waals surface area contributed by atoms with Crippen molar-refractivity contribution >= 4 is 41.0 Å². The summed E-state index contributed by atoms with van der Waals surface area (Å²) in [5.41, 5.74) is 5.32. The molecule has 206 valence electrons. The molecule has 1 aliphatic rings. The Labute approximate surface area is 243 Å². The molecule has 0 saturated heterocycles. The van der Waals surface area contributed by atoms with Gasteiger partial charge in [0, 0.05) is 36.4 Å². The molecule has 40 heavy (non-hydrogen) atoms. The van der Waals surface area contributed by atoms with Gasteiger partial charge >= 0.3 is 0 Å². The van der Waals surface area contributed by atoms with Crippen LogP contribution in [0.5, 0.6) is 0 Å². The number of nitrogens with zero attached hydrogens (tertiary/aromatic N) is 3. The maximum absolute atomic E-state index is 13.8. The highest BCUT2D eigenvalue weighted by molar-refractivity contribution is 8.00. The highest BCUT2D eigenvalue weighted by Gasteiger charge is 2.38. The molecule has 0 unspecified atom stereocenters. The van der Waals surface area contributed by atoms with Crippen molar-refractivity contribution in [1.82, 2.24) is 15.1 Å². The van der Waals surface area contributed by atoms with Crippen molar-refractivity contribution in [2.45, 2.75) is 18.6 Å². The van der Waals surface area contributed by atoms with E-state index in [4.69, 9.17) is 21.4 Å². The minimum atomic E-state index is -0.281. The Kier molecular flexibility index (Phi) is 8.89. The Morgan fingerprint density at radius 1 is 1.07 bits per heavy atom. The molecule has 9 heteroatoms. The van der Waals surface area contributed by atoms with Crippen molar-refractivity contribution in [3.63, 3.8) is 0 Å². The average molecular weight is 575 g/mol. The zero-order valence-electron chi connectivity index (χ0n) is 22.5. The Hall–Kier alpha value is -3.59. The van der Waals surface area contributed by atoms with Crippen molar-refractivity contribution in [1.29, 1.82) is 0 Å². The van der Waals surface area contributed by atoms with E-state index in [1.165, 1.54) is 11.8 Å². The third kappa shape index (κ3) is 5.94. The number of carbonyl (C=O) groups is 2. The van der Waals surface area contributed by atoms with Crippen LogP contribution in [0.4, 0.5) is 5.82 Å². The van der Waals surface area contributed by atoms with Crippen LogP contribution in [0.1, 0.15) is 28.4 Å². The number of rotatable bonds is 9. The first-order valence-corrected chi connectivity index (χ1v) is 14.6. The number of benzene rings is 3. The number of thioether (sulfide) groups is 1. The third-order valence-corrected chi connectivity index (χ3v) is 8.33. The zero-order valence-corrected chi connectivity index (χ0v) is 24.0. The fourth-order valence-electron chi connectivity index (χ4n) is 4.77. The first kappa shape index (κ1) is 28.0. The van der Waals surface area contributed by atoms with E-state index in [0.29, 0.717) is 30.4 Å². The summed E-state index contributed by atoms with van der Waals surface area (Å²) in [5.74, 6) is 0.355. The minimum absolute atomic E-state index is 0.125. The maximum Gasteiger partial charge on any atom is 0.240 e. The van der Waals surface area contributed by atoms with Gasteiger partial charge < -0.3 is 10.1 Å². The lowest BCUT2D eigenvalue weighted by atomic mass is 9.99. The number of ether oxygens (including phenoxy) is 1. The summed E-state index contributed by atoms with van der Waals surface area (Å²) in [6.45, 7) is 2.91. The minimum Gasteiger partial charge on any atom is -0.385 e. The molecule has 3 aromatic carbocycles. The molecule has 0 saturated carbocycles. The van der Waals surface area contributed by atoms with Crippen LogP contribution in [-0.2, 0) is 14.3 Å². The van der Waals surface area contributed by atoms with Gasteiger partial charge in [-0.25, -0.2) is 4.68 Å². The van der Waals surface area contributed by atoms with Gasteiger partial charge in [-0.05, 0) is 37.1 Å². The molecule has 7 nitrogen and oxygen atoms in total. The number of anilines is 1. The summed E-state index contributed by atoms with van der Waals surface area (Å²) in [7, 11) is 1.63. The number of hydrogen-bond acceptors (Lipinski definition) is 5. The molecular weight excluding hydrogens is 544 g/mol. The molecule has 0 radical (unpaired) electrons. The topological polar surface area (TPSA) is 76.5 Å². The van der Waals surface area contributed by atoms with E-state index in [9.17, 15) is 9.59 Å². The number of fused-ring (bicyclic) bond motifs is 1. The van der Waals surface area contributed by atoms with Crippen LogP contribution in [0.25, 0.3) is 16.9 Å². The predicted octanol–water partition coefficient (Wildman–Crippen LogP) is 5.82. The van der Waals surface area contributed by atoms with Crippen LogP contribution in [0.2, 0.25) is 5.02 Å². The van der Waals surface area contributed by atoms with Crippen LogP contribution in [0.15, 0.2) is 78.9 Å². The molecule has 0 fully saturated rings. The van der Waals surface area contributed by atoms with E-state index >= 15 is 0 Å². The summed E-state index contributed by atoms with van der Waals surface area (Å²) in [5, 5.41) is 8.36. The van der Waals surface area contributed by atoms with Crippen molar-refractivity contribution in [3.05, 3.63) is 101 Å². The molecule has 2 amide bonds. The number of aromatic nitrogens is 2. The van der Waals surface area contributed by atoms with Gasteiger partial charge in [-0.15, -0.1) is 11.8 Å². The Morgan fingerprint density at radius 2 is 1.80 bits per heavy atom. The lowest BCUT2D eigenvalue weighted by Crippen LogP contribution is -2.42. The summed E-state index contributed by atoms with van der Waals surface area (Å²) >= 11 is 8.24. The van der Waals surface area contributed by atoms with Crippen molar-refractivity contribution < 1.29 is 14.3 Å². The van der Waals surface area contributed by atoms with Crippen LogP contribution >= 0.6 is 23.4 Å². The normalized spacial score (nSPS) is 15.0. The largest absolute Gasteiger partial charge is 0.385 e. The maximum atomic E-state index is 13.8. The molecule has 2 heterocycles. The van der Waals surface area contributed by atoms with Crippen molar-refractivity contribution in [3.8, 4) is 16.9 Å². The number of aryl methyl sites for hydroxylation is 1. The summed E-state index contributed by atoms with van der Waals surface area (Å²) in [6, 6.07) is 25.6. The van der Waals surface area contributed by atoms with E-state index in [-0.39, 0.29) is 29.4 Å². The van der Waals surface area contributed by atoms with Crippen LogP contribution in [0.3, 0.4) is 0 Å². The van der Waals surface area contributed by atoms with E-state index in [1.54, 1.807) is 16.7 Å². The second-order valence-electron chi connectivity index (χ2n) is 9.59. The van der Waals surface area contributed by atoms with Crippen molar-refractivity contribution in [2.24, 2.45) is 0 Å². The zero-order chi connectivity index (χ0) is 28.1. The van der Waals surface area contributed by atoms with Gasteiger partial charge in [0.25, 0.3) is 0 Å². The molecule has 0 spiro atoms. The Morgan fingerprint density at radius 3 is 2.52 bits per heavy atom. The summed E-state index contributed by atoms with van der Waals surface area (Å²) < 4.78 is 6.89. The molecule has 1 atom stereocenters. The molecule has 4 aromatic rings. The average Bonchev–Trinajstić information content (AvgIpc) is 3.29. The fraction of sp³-hybridized carbons (Fsp3) is 0.258. The highest BCUT2D eigenvalue weighted by atomic mass is 35.5. The van der Waals surface area contributed by atoms with Gasteiger partial charge in [-0.3, -0.25) is 14.5 Å². The fourth-order valence-corrected chi connectivity index (χ4v) is 6.31. The molecular formula is C31H31ClN4O3S. The Bertz CT molecular complexity index is 1490. The van der Waals surface area contributed by atoms with Gasteiger partial charge in [0.1, 0.15) is 12.4 Å². The van der Waals surface area contributed by atoms with Gasteiger partial charge in [0.2, 0.25) is 11.8 Å². The van der Waals surface area contributed by atoms with E-state index in [1.807, 2.05) is 85.8 Å². The number of halogens is 1. The predicted molar refractivity (Wildman–Crippen MR) is 161 cm³/mol. The van der Waals surface area contributed by atoms with Crippen LogP contribution < -0.4 is 10.2 Å². The van der Waals surface area contributed by atoms with E-state index in [2.05, 4.69) is 5.32 Å². The van der Waals surface area contributed by atoms with Crippen LogP contribution in [0, 0.1) is 6.92 Å². The van der Waals surface area contributed by atoms with Crippen molar-refractivity contribution in [2.75, 3.05) is 37.5 Å². The van der Waals surface area contributed by atoms with Gasteiger partial charge in [-0.2, -0.15) is 5.10 Å². The van der Waals surface area contributed by atoms with E-state index in [0.717, 1.165) is 33.6 Å². The van der Waals surface area contributed by atoms with Gasteiger partial charge in [-0.1, -0.05) is 77.8 Å². The molecule has 0 aliphatic carbocycles. The molecule has 5 rings (SSSR count). The van der Waals surface area contributed by atoms with Gasteiger partial charge in [0.15, 0.2) is 0 Å². The van der Waals surface area contributed by atoms with Gasteiger partial charge in [0.05, 0.1) is 22.4 Å². The quantitative estimate of drug-likeness (QED) is 0.255. The second-order valence-corrected chi connectivity index (χ2v) is 11.1. The number of nitrogens with one attached hydrogen (secondary N) is 1. The third-order valence-electron chi connectivity index (χ3n) is 6.75. The number of amides is 2. The lowest BCUT2D eigenvalue weighted by molar-refractivity contribution is -0.122. The lowest BCUT2D eigenvalue weighted by Gasteiger charge is -2.23. The molecule has 0 bridgehead atoms. The SMILES string of the molecule is COCCCNC(=O)CN1C(=O)CS[C@H](c2ccccc2Cl)c2c(-c3ccccc3)nn(-c3ccc(C)cc3)c21. The molecule has 1 N–H and O–H groups in total. The summed E-state index contributed by atoms with van der Waals surface area (Å²) in [4.78, 5) is 28.5. The number of hydrogen-bond donors (Lipinski definition) is 1. The first-order chi connectivity index (χ1) is 19.5. The number of methoxy groups -OCH3 is 1. The number of carbonyl (C=O) groups excluding carboxylic acids is 2. The highest BCUT2D eigenvalue weighted by Crippen LogP contribution is 2.49. The standard InChI is InChI=1S/C31H31ClN4O3S/c1-21-13-15-23(16-14-21)36-31-28(29(34-36)22-9-4-3-5-10-22)30(24-11-6-7-12-25(24)32)40-20-27(38)35(31)19-26(37)33-17-8-18-39-2/h3-7,9-16,30H,8,17-20H2,1-2H3,(H,33,37)/t30-/m1/s1. The van der Waals surface area contributed by atoms with E-state index < -0.39 is 0 Å². The molecule has 1 aromatic heterocycles. The smallest absolute Gasteiger partial charge is 0.240 e. The second kappa shape index (κ2) is 12.7.